The SMILES string of the molecule is COc1ccc2nc(Cl)c(/C=N/NC(=O)COc3ccc(-c4cc(-c5ccccc5)c5cc(Br)ccc5n4)cc3)cc2c1. The van der Waals surface area contributed by atoms with E-state index >= 15 is 0 Å². The second-order valence-corrected chi connectivity index (χ2v) is 10.9. The van der Waals surface area contributed by atoms with Gasteiger partial charge in [-0.3, -0.25) is 4.79 Å². The number of hydrazone groups is 1. The van der Waals surface area contributed by atoms with Crippen LogP contribution in [0.3, 0.4) is 0 Å². The molecule has 0 unspecified atom stereocenters. The van der Waals surface area contributed by atoms with E-state index in [9.17, 15) is 4.79 Å². The number of nitrogens with zero attached hydrogens (tertiary/aromatic N) is 3. The van der Waals surface area contributed by atoms with Gasteiger partial charge in [0.25, 0.3) is 5.91 Å². The molecule has 0 aliphatic rings. The molecular formula is C34H24BrClN4O3. The van der Waals surface area contributed by atoms with Crippen LogP contribution in [-0.4, -0.2) is 35.8 Å². The average molecular weight is 652 g/mol. The highest BCUT2D eigenvalue weighted by Crippen LogP contribution is 2.34. The van der Waals surface area contributed by atoms with Crippen LogP contribution >= 0.6 is 27.5 Å². The van der Waals surface area contributed by atoms with Gasteiger partial charge < -0.3 is 9.47 Å². The normalized spacial score (nSPS) is 11.2. The predicted molar refractivity (Wildman–Crippen MR) is 175 cm³/mol. The van der Waals surface area contributed by atoms with Crippen molar-refractivity contribution in [2.24, 2.45) is 5.10 Å². The largest absolute Gasteiger partial charge is 0.497 e. The van der Waals surface area contributed by atoms with Gasteiger partial charge >= 0.3 is 0 Å². The lowest BCUT2D eigenvalue weighted by molar-refractivity contribution is -0.123. The van der Waals surface area contributed by atoms with Gasteiger partial charge in [-0.15, -0.1) is 0 Å². The molecule has 0 saturated heterocycles. The average Bonchev–Trinajstić information content (AvgIpc) is 3.04. The fraction of sp³-hybridized carbons (Fsp3) is 0.0588. The predicted octanol–water partition coefficient (Wildman–Crippen LogP) is 8.07. The number of amides is 1. The maximum atomic E-state index is 12.4. The maximum Gasteiger partial charge on any atom is 0.277 e. The molecule has 0 fully saturated rings. The Kier molecular flexibility index (Phi) is 8.31. The molecule has 4 aromatic carbocycles. The summed E-state index contributed by atoms with van der Waals surface area (Å²) < 4.78 is 11.9. The van der Waals surface area contributed by atoms with E-state index in [1.807, 2.05) is 78.9 Å². The molecule has 0 atom stereocenters. The van der Waals surface area contributed by atoms with Crippen LogP contribution in [0.2, 0.25) is 5.15 Å². The van der Waals surface area contributed by atoms with Crippen molar-refractivity contribution in [3.8, 4) is 33.9 Å². The molecule has 1 N–H and O–H groups in total. The van der Waals surface area contributed by atoms with Gasteiger partial charge in [-0.2, -0.15) is 5.10 Å². The van der Waals surface area contributed by atoms with Crippen molar-refractivity contribution in [1.29, 1.82) is 0 Å². The van der Waals surface area contributed by atoms with Crippen LogP contribution in [-0.2, 0) is 4.79 Å². The quantitative estimate of drug-likeness (QED) is 0.102. The monoisotopic (exact) mass is 650 g/mol. The smallest absolute Gasteiger partial charge is 0.277 e. The van der Waals surface area contributed by atoms with E-state index in [0.717, 1.165) is 48.7 Å². The Morgan fingerprint density at radius 3 is 2.44 bits per heavy atom. The molecule has 2 heterocycles. The molecule has 6 aromatic rings. The second kappa shape index (κ2) is 12.6. The number of carbonyl (C=O) groups excluding carboxylic acids is 1. The summed E-state index contributed by atoms with van der Waals surface area (Å²) in [6, 6.07) is 33.2. The number of ether oxygens (including phenoxy) is 2. The summed E-state index contributed by atoms with van der Waals surface area (Å²) in [5.74, 6) is 0.838. The number of aromatic nitrogens is 2. The molecule has 0 aliphatic heterocycles. The highest BCUT2D eigenvalue weighted by molar-refractivity contribution is 9.10. The number of pyridine rings is 2. The van der Waals surface area contributed by atoms with Crippen LogP contribution in [0, 0.1) is 0 Å². The van der Waals surface area contributed by atoms with Gasteiger partial charge in [0.05, 0.1) is 30.1 Å². The molecule has 6 rings (SSSR count). The maximum absolute atomic E-state index is 12.4. The zero-order chi connectivity index (χ0) is 29.8. The summed E-state index contributed by atoms with van der Waals surface area (Å²) in [6.07, 6.45) is 1.44. The fourth-order valence-corrected chi connectivity index (χ4v) is 5.20. The number of fused-ring (bicyclic) bond motifs is 2. The van der Waals surface area contributed by atoms with Gasteiger partial charge in [0.2, 0.25) is 0 Å². The van der Waals surface area contributed by atoms with E-state index in [2.05, 4.69) is 55.7 Å². The number of nitrogens with one attached hydrogen (secondary N) is 1. The molecule has 0 aliphatic carbocycles. The topological polar surface area (TPSA) is 85.7 Å². The lowest BCUT2D eigenvalue weighted by atomic mass is 9.98. The van der Waals surface area contributed by atoms with Crippen molar-refractivity contribution in [2.45, 2.75) is 0 Å². The number of halogens is 2. The molecule has 1 amide bonds. The van der Waals surface area contributed by atoms with Gasteiger partial charge in [0, 0.05) is 26.4 Å². The molecule has 0 spiro atoms. The van der Waals surface area contributed by atoms with Gasteiger partial charge in [0.15, 0.2) is 6.61 Å². The van der Waals surface area contributed by atoms with Gasteiger partial charge in [-0.05, 0) is 83.9 Å². The van der Waals surface area contributed by atoms with Crippen molar-refractivity contribution in [3.63, 3.8) is 0 Å². The molecule has 0 bridgehead atoms. The summed E-state index contributed by atoms with van der Waals surface area (Å²) in [7, 11) is 1.60. The number of rotatable bonds is 8. The molecule has 2 aromatic heterocycles. The summed E-state index contributed by atoms with van der Waals surface area (Å²) in [6.45, 7) is -0.209. The first-order valence-corrected chi connectivity index (χ1v) is 14.5. The van der Waals surface area contributed by atoms with Gasteiger partial charge in [0.1, 0.15) is 16.7 Å². The minimum Gasteiger partial charge on any atom is -0.497 e. The number of carbonyl (C=O) groups is 1. The fourth-order valence-electron chi connectivity index (χ4n) is 4.64. The van der Waals surface area contributed by atoms with E-state index in [1.54, 1.807) is 7.11 Å². The third-order valence-corrected chi connectivity index (χ3v) is 7.57. The highest BCUT2D eigenvalue weighted by Gasteiger charge is 2.11. The lowest BCUT2D eigenvalue weighted by Crippen LogP contribution is -2.24. The molecular weight excluding hydrogens is 628 g/mol. The minimum absolute atomic E-state index is 0.209. The molecule has 212 valence electrons. The Balaban J connectivity index is 1.12. The van der Waals surface area contributed by atoms with Crippen LogP contribution in [0.25, 0.3) is 44.2 Å². The van der Waals surface area contributed by atoms with Gasteiger partial charge in [-0.25, -0.2) is 15.4 Å². The van der Waals surface area contributed by atoms with E-state index in [1.165, 1.54) is 6.21 Å². The first-order chi connectivity index (χ1) is 21.0. The van der Waals surface area contributed by atoms with E-state index < -0.39 is 5.91 Å². The molecule has 9 heteroatoms. The Hall–Kier alpha value is -4.79. The molecule has 0 saturated carbocycles. The van der Waals surface area contributed by atoms with Crippen molar-refractivity contribution < 1.29 is 14.3 Å². The van der Waals surface area contributed by atoms with Gasteiger partial charge in [-0.1, -0.05) is 57.9 Å². The number of methoxy groups -OCH3 is 1. The summed E-state index contributed by atoms with van der Waals surface area (Å²) in [4.78, 5) is 21.6. The lowest BCUT2D eigenvalue weighted by Gasteiger charge is -2.11. The third kappa shape index (κ3) is 6.51. The van der Waals surface area contributed by atoms with Crippen molar-refractivity contribution in [3.05, 3.63) is 118 Å². The number of benzene rings is 4. The number of hydrogen-bond donors (Lipinski definition) is 1. The zero-order valence-corrected chi connectivity index (χ0v) is 25.3. The Bertz CT molecular complexity index is 1980. The standard InChI is InChI=1S/C34H24BrClN4O3/c1-42-27-12-14-30-23(16-27)15-24(34(36)39-30)19-37-40-33(41)20-43-26-10-7-22(8-11-26)32-18-28(21-5-3-2-4-6-21)29-17-25(35)9-13-31(29)38-32/h2-19H,20H2,1H3,(H,40,41)/b37-19+. The first-order valence-electron chi connectivity index (χ1n) is 13.3. The Labute approximate surface area is 261 Å². The van der Waals surface area contributed by atoms with Crippen LogP contribution in [0.1, 0.15) is 5.56 Å². The second-order valence-electron chi connectivity index (χ2n) is 9.62. The minimum atomic E-state index is -0.415. The van der Waals surface area contributed by atoms with Crippen LogP contribution in [0.4, 0.5) is 0 Å². The molecule has 7 nitrogen and oxygen atoms in total. The third-order valence-electron chi connectivity index (χ3n) is 6.77. The van der Waals surface area contributed by atoms with Crippen molar-refractivity contribution >= 4 is 61.5 Å². The molecule has 0 radical (unpaired) electrons. The van der Waals surface area contributed by atoms with E-state index in [-0.39, 0.29) is 11.8 Å². The molecule has 43 heavy (non-hydrogen) atoms. The van der Waals surface area contributed by atoms with Crippen molar-refractivity contribution in [2.75, 3.05) is 13.7 Å². The summed E-state index contributed by atoms with van der Waals surface area (Å²) >= 11 is 9.87. The highest BCUT2D eigenvalue weighted by atomic mass is 79.9. The van der Waals surface area contributed by atoms with Crippen molar-refractivity contribution in [1.82, 2.24) is 15.4 Å². The van der Waals surface area contributed by atoms with E-state index in [4.69, 9.17) is 26.1 Å². The Morgan fingerprint density at radius 2 is 1.65 bits per heavy atom. The van der Waals surface area contributed by atoms with Crippen LogP contribution in [0.15, 0.2) is 113 Å². The zero-order valence-electron chi connectivity index (χ0n) is 22.9. The van der Waals surface area contributed by atoms with E-state index in [0.29, 0.717) is 17.1 Å². The summed E-state index contributed by atoms with van der Waals surface area (Å²) in [5.41, 5.74) is 8.63. The first kappa shape index (κ1) is 28.3. The summed E-state index contributed by atoms with van der Waals surface area (Å²) in [5, 5.41) is 6.19. The number of hydrogen-bond acceptors (Lipinski definition) is 6. The van der Waals surface area contributed by atoms with Crippen LogP contribution < -0.4 is 14.9 Å². The van der Waals surface area contributed by atoms with Crippen LogP contribution in [0.5, 0.6) is 11.5 Å². The Morgan fingerprint density at radius 1 is 0.884 bits per heavy atom.